The molecule has 4 saturated carbocycles. The van der Waals surface area contributed by atoms with Gasteiger partial charge in [-0.2, -0.15) is 0 Å². The van der Waals surface area contributed by atoms with Crippen molar-refractivity contribution in [2.75, 3.05) is 12.3 Å². The molecule has 0 aliphatic heterocycles. The third-order valence-corrected chi connectivity index (χ3v) is 16.9. The highest BCUT2D eigenvalue weighted by Crippen LogP contribution is 2.62. The molecular weight excluding hydrogens is 500 g/mol. The Morgan fingerprint density at radius 1 is 0.412 bits per heavy atom. The molecule has 0 aromatic heterocycles. The summed E-state index contributed by atoms with van der Waals surface area (Å²) < 4.78 is 58.0. The molecule has 12 heteroatoms. The number of rotatable bonds is 7. The van der Waals surface area contributed by atoms with Crippen LogP contribution in [0.1, 0.15) is 103 Å². The summed E-state index contributed by atoms with van der Waals surface area (Å²) in [4.78, 5) is 0. The molecule has 0 bridgehead atoms. The monoisotopic (exact) mass is 542 g/mol. The van der Waals surface area contributed by atoms with Crippen molar-refractivity contribution in [2.24, 2.45) is 0 Å². The van der Waals surface area contributed by atoms with Crippen LogP contribution in [0.15, 0.2) is 0 Å². The zero-order chi connectivity index (χ0) is 23.3. The Kier molecular flexibility index (Phi) is 19.8. The predicted octanol–water partition coefficient (Wildman–Crippen LogP) is 2.95. The Labute approximate surface area is 204 Å². The van der Waals surface area contributed by atoms with Crippen molar-refractivity contribution in [3.63, 3.8) is 0 Å². The van der Waals surface area contributed by atoms with Gasteiger partial charge in [-0.15, -0.1) is 0 Å². The van der Waals surface area contributed by atoms with Crippen molar-refractivity contribution in [3.8, 4) is 0 Å². The molecule has 4 aliphatic carbocycles. The highest BCUT2D eigenvalue weighted by Gasteiger charge is 2.44. The van der Waals surface area contributed by atoms with E-state index in [0.717, 1.165) is 0 Å². The molecule has 0 nitrogen and oxygen atoms in total. The Morgan fingerprint density at radius 3 is 0.706 bits per heavy atom. The standard InChI is InChI=1S/C22H40P2.2BF3.2FH/c1-2-10-19(9-1)23(20-11-3-4-12-20)17-18-24(21-13-5-6-14-21)22-15-7-8-16-22;2*2-1(3)4;;/h19-22H,1-18H2;;;2*1H. The van der Waals surface area contributed by atoms with Crippen molar-refractivity contribution in [1.82, 2.24) is 0 Å². The van der Waals surface area contributed by atoms with E-state index >= 15 is 0 Å². The Morgan fingerprint density at radius 2 is 0.559 bits per heavy atom. The minimum atomic E-state index is -3.67. The fourth-order valence-electron chi connectivity index (χ4n) is 6.96. The first-order valence-corrected chi connectivity index (χ1v) is 16.7. The SMILES string of the molecule is C1CCC([PH+](CC[PH+](C2CCCC2)C2CCCC2)C2CCCC2)C1.FB(F)F.FB(F)F.[F-].[F-]. The summed E-state index contributed by atoms with van der Waals surface area (Å²) >= 11 is 0. The molecule has 34 heavy (non-hydrogen) atoms. The average Bonchev–Trinajstić information content (AvgIpc) is 3.54. The normalized spacial score (nSPS) is 21.5. The minimum Gasteiger partial charge on any atom is -1.00 e. The second-order valence-corrected chi connectivity index (χ2v) is 16.6. The van der Waals surface area contributed by atoms with E-state index in [2.05, 4.69) is 0 Å². The van der Waals surface area contributed by atoms with E-state index in [4.69, 9.17) is 0 Å². The van der Waals surface area contributed by atoms with Crippen molar-refractivity contribution in [1.29, 1.82) is 0 Å². The second kappa shape index (κ2) is 19.5. The summed E-state index contributed by atoms with van der Waals surface area (Å²) in [5.74, 6) is 0. The van der Waals surface area contributed by atoms with Crippen LogP contribution in [0.3, 0.4) is 0 Å². The summed E-state index contributed by atoms with van der Waals surface area (Å²) in [6, 6.07) is 0. The fourth-order valence-corrected chi connectivity index (χ4v) is 16.8. The van der Waals surface area contributed by atoms with Gasteiger partial charge in [0.05, 0.1) is 35.0 Å². The van der Waals surface area contributed by atoms with Gasteiger partial charge < -0.3 is 9.41 Å². The van der Waals surface area contributed by atoms with Crippen LogP contribution < -0.4 is 9.41 Å². The first-order chi connectivity index (χ1) is 15.4. The molecule has 4 rings (SSSR count). The smallest absolute Gasteiger partial charge is 0.762 e. The molecule has 0 heterocycles. The summed E-state index contributed by atoms with van der Waals surface area (Å²) in [5.41, 5.74) is 4.98. The maximum atomic E-state index is 9.67. The van der Waals surface area contributed by atoms with Gasteiger partial charge in [-0.3, -0.25) is 25.9 Å². The quantitative estimate of drug-likeness (QED) is 0.264. The van der Waals surface area contributed by atoms with Crippen molar-refractivity contribution in [2.45, 2.75) is 125 Å². The second-order valence-electron chi connectivity index (χ2n) is 10.1. The number of halogens is 8. The van der Waals surface area contributed by atoms with Gasteiger partial charge in [-0.1, -0.05) is 0 Å². The largest absolute Gasteiger partial charge is 1.00 e. The predicted molar refractivity (Wildman–Crippen MR) is 134 cm³/mol. The average molecular weight is 542 g/mol. The van der Waals surface area contributed by atoms with E-state index in [9.17, 15) is 25.9 Å². The highest BCUT2D eigenvalue weighted by atomic mass is 31.1. The molecule has 202 valence electrons. The van der Waals surface area contributed by atoms with Gasteiger partial charge >= 0.3 is 15.1 Å². The molecule has 0 spiro atoms. The third kappa shape index (κ3) is 13.1. The van der Waals surface area contributed by atoms with E-state index in [-0.39, 0.29) is 25.3 Å². The van der Waals surface area contributed by atoms with Gasteiger partial charge in [0.25, 0.3) is 0 Å². The van der Waals surface area contributed by atoms with E-state index in [1.807, 2.05) is 0 Å². The Bertz CT molecular complexity index is 392. The van der Waals surface area contributed by atoms with Crippen LogP contribution >= 0.6 is 15.8 Å². The van der Waals surface area contributed by atoms with Crippen LogP contribution in [0, 0.1) is 0 Å². The molecule has 0 unspecified atom stereocenters. The van der Waals surface area contributed by atoms with Crippen molar-refractivity contribution >= 4 is 30.9 Å². The van der Waals surface area contributed by atoms with Crippen LogP contribution in [0.25, 0.3) is 0 Å². The lowest BCUT2D eigenvalue weighted by Crippen LogP contribution is -3.00. The van der Waals surface area contributed by atoms with E-state index in [1.54, 1.807) is 115 Å². The van der Waals surface area contributed by atoms with Crippen molar-refractivity contribution < 1.29 is 35.3 Å². The first kappa shape index (κ1) is 34.4. The maximum absolute atomic E-state index is 9.67. The molecule has 0 aromatic carbocycles. The molecular formula is C22H42B2F8P2. The fraction of sp³-hybridized carbons (Fsp3) is 1.00. The van der Waals surface area contributed by atoms with Crippen LogP contribution in [0.5, 0.6) is 0 Å². The van der Waals surface area contributed by atoms with E-state index in [1.165, 1.54) is 22.6 Å². The number of hydrogen-bond acceptors (Lipinski definition) is 0. The molecule has 0 saturated heterocycles. The van der Waals surface area contributed by atoms with E-state index < -0.39 is 15.1 Å². The third-order valence-electron chi connectivity index (χ3n) is 8.22. The zero-order valence-corrected chi connectivity index (χ0v) is 22.2. The summed E-state index contributed by atoms with van der Waals surface area (Å²) in [6.45, 7) is 0. The summed E-state index contributed by atoms with van der Waals surface area (Å²) in [6.07, 6.45) is 29.3. The minimum absolute atomic E-state index is 0. The number of hydrogen-bond donors (Lipinski definition) is 0. The van der Waals surface area contributed by atoms with Crippen LogP contribution in [0.2, 0.25) is 0 Å². The zero-order valence-electron chi connectivity index (χ0n) is 20.2. The van der Waals surface area contributed by atoms with Gasteiger partial charge in [0.15, 0.2) is 0 Å². The van der Waals surface area contributed by atoms with Gasteiger partial charge in [0.1, 0.15) is 0 Å². The maximum Gasteiger partial charge on any atom is 0.762 e. The molecule has 0 radical (unpaired) electrons. The molecule has 0 amide bonds. The van der Waals surface area contributed by atoms with Crippen LogP contribution in [-0.4, -0.2) is 50.0 Å². The first-order valence-electron chi connectivity index (χ1n) is 12.9. The lowest BCUT2D eigenvalue weighted by atomic mass is 10.4. The van der Waals surface area contributed by atoms with Gasteiger partial charge in [0.2, 0.25) is 0 Å². The van der Waals surface area contributed by atoms with Gasteiger partial charge in [0, 0.05) is 15.8 Å². The Balaban J connectivity index is 0.000000957. The molecule has 0 N–H and O–H groups in total. The molecule has 0 aromatic rings. The van der Waals surface area contributed by atoms with Gasteiger partial charge in [-0.05, 0) is 103 Å². The molecule has 4 fully saturated rings. The molecule has 4 aliphatic rings. The van der Waals surface area contributed by atoms with Gasteiger partial charge in [-0.25, -0.2) is 0 Å². The Hall–Kier alpha value is 0.430. The van der Waals surface area contributed by atoms with Crippen LogP contribution in [-0.2, 0) is 0 Å². The lowest BCUT2D eigenvalue weighted by molar-refractivity contribution is -0.001000. The lowest BCUT2D eigenvalue weighted by Gasteiger charge is -2.26. The van der Waals surface area contributed by atoms with E-state index in [0.29, 0.717) is 0 Å². The summed E-state index contributed by atoms with van der Waals surface area (Å²) in [5, 5.41) is 0. The highest BCUT2D eigenvalue weighted by molar-refractivity contribution is 7.63. The topological polar surface area (TPSA) is 0 Å². The van der Waals surface area contributed by atoms with Crippen LogP contribution in [0.4, 0.5) is 25.9 Å². The summed E-state index contributed by atoms with van der Waals surface area (Å²) in [7, 11) is -7.39. The molecule has 0 atom stereocenters. The van der Waals surface area contributed by atoms with Crippen molar-refractivity contribution in [3.05, 3.63) is 0 Å².